The third kappa shape index (κ3) is 217. The van der Waals surface area contributed by atoms with Gasteiger partial charge in [-0.3, -0.25) is 9.59 Å². The molecule has 0 bridgehead atoms. The van der Waals surface area contributed by atoms with E-state index in [9.17, 15) is 14.4 Å². The molecule has 0 aromatic rings. The molecular weight excluding hydrogens is 340 g/mol. The Labute approximate surface area is 173 Å². The molecule has 0 aromatic heterocycles. The van der Waals surface area contributed by atoms with Crippen molar-refractivity contribution in [3.63, 3.8) is 0 Å². The fraction of sp³-hybridized carbons (Fsp3) is 0.864. The third-order valence-corrected chi connectivity index (χ3v) is 1.46. The highest BCUT2D eigenvalue weighted by atomic mass is 16.1. The average molecular weight is 397 g/mol. The lowest BCUT2D eigenvalue weighted by Gasteiger charge is -1.97. The molecule has 27 heavy (non-hydrogen) atoms. The first-order valence-electron chi connectivity index (χ1n) is 10.9. The van der Waals surface area contributed by atoms with Crippen LogP contribution in [-0.4, -0.2) is 24.6 Å². The first kappa shape index (κ1) is 50.0. The Morgan fingerprint density at radius 1 is 0.630 bits per heavy atom. The monoisotopic (exact) mass is 396 g/mol. The highest BCUT2D eigenvalue weighted by Gasteiger charge is 1.98. The van der Waals surface area contributed by atoms with Crippen LogP contribution in [0.1, 0.15) is 123 Å². The summed E-state index contributed by atoms with van der Waals surface area (Å²) in [7, 11) is 1.62. The summed E-state index contributed by atoms with van der Waals surface area (Å²) >= 11 is 0. The molecule has 3 N–H and O–H groups in total. The number of unbranched alkanes of at least 4 members (excludes halogenated alkanes) is 1. The summed E-state index contributed by atoms with van der Waals surface area (Å²) < 4.78 is 0. The number of amides is 2. The van der Waals surface area contributed by atoms with Gasteiger partial charge in [-0.2, -0.15) is 0 Å². The molecule has 0 aliphatic heterocycles. The van der Waals surface area contributed by atoms with Crippen molar-refractivity contribution >= 4 is 17.6 Å². The predicted octanol–water partition coefficient (Wildman–Crippen LogP) is 6.53. The first-order valence-corrected chi connectivity index (χ1v) is 10.9. The van der Waals surface area contributed by atoms with E-state index in [0.29, 0.717) is 12.8 Å². The lowest BCUT2D eigenvalue weighted by Crippen LogP contribution is -2.16. The molecule has 2 amide bonds. The zero-order chi connectivity index (χ0) is 24.3. The van der Waals surface area contributed by atoms with Gasteiger partial charge in [-0.25, -0.2) is 0 Å². The summed E-state index contributed by atoms with van der Waals surface area (Å²) in [5.74, 6) is -0.0875. The molecule has 172 valence electrons. The molecule has 0 saturated carbocycles. The van der Waals surface area contributed by atoms with Gasteiger partial charge in [0.2, 0.25) is 11.8 Å². The Balaban J connectivity index is -0.0000000315. The summed E-state index contributed by atoms with van der Waals surface area (Å²) in [6.45, 7) is 26.9. The van der Waals surface area contributed by atoms with Gasteiger partial charge in [0.25, 0.3) is 0 Å². The predicted molar refractivity (Wildman–Crippen MR) is 126 cm³/mol. The van der Waals surface area contributed by atoms with Crippen molar-refractivity contribution in [3.05, 3.63) is 0 Å². The Hall–Kier alpha value is -1.39. The van der Waals surface area contributed by atoms with E-state index in [1.165, 1.54) is 6.92 Å². The molecule has 0 radical (unpaired) electrons. The second-order valence-electron chi connectivity index (χ2n) is 3.19. The molecule has 0 aliphatic rings. The number of ketones is 1. The number of carbonyl (C=O) groups is 3. The van der Waals surface area contributed by atoms with Crippen molar-refractivity contribution in [1.82, 2.24) is 5.32 Å². The maximum Gasteiger partial charge on any atom is 0.219 e. The largest absolute Gasteiger partial charge is 0.370 e. The summed E-state index contributed by atoms with van der Waals surface area (Å²) in [6, 6.07) is 0. The van der Waals surface area contributed by atoms with Crippen LogP contribution in [-0.2, 0) is 14.4 Å². The second kappa shape index (κ2) is 86.3. The summed E-state index contributed by atoms with van der Waals surface area (Å²) in [6.07, 6.45) is 2.75. The van der Waals surface area contributed by atoms with Gasteiger partial charge in [-0.1, -0.05) is 83.1 Å². The number of nitrogens with two attached hydrogens (primary N) is 1. The Kier molecular flexibility index (Phi) is 160. The number of primary amides is 1. The van der Waals surface area contributed by atoms with Crippen molar-refractivity contribution in [3.8, 4) is 0 Å². The third-order valence-electron chi connectivity index (χ3n) is 1.46. The van der Waals surface area contributed by atoms with E-state index in [4.69, 9.17) is 0 Å². The average Bonchev–Trinajstić information content (AvgIpc) is 2.73. The standard InChI is InChI=1S/C8H15NO2.C2H5NO.6C2H6/c1-7(10)5-3-4-6-8(11)9-2;1-2(3)4;6*1-2/h3-6H2,1-2H3,(H,9,11);1H3,(H2,3,4);6*1-2H3. The van der Waals surface area contributed by atoms with Crippen LogP contribution in [0.15, 0.2) is 0 Å². The van der Waals surface area contributed by atoms with Gasteiger partial charge >= 0.3 is 0 Å². The minimum Gasteiger partial charge on any atom is -0.370 e. The maximum atomic E-state index is 10.7. The van der Waals surface area contributed by atoms with Gasteiger partial charge in [0.05, 0.1) is 0 Å². The highest BCUT2D eigenvalue weighted by molar-refractivity contribution is 5.76. The minimum atomic E-state index is -0.333. The number of hydrogen-bond donors (Lipinski definition) is 2. The van der Waals surface area contributed by atoms with Crippen LogP contribution in [0.2, 0.25) is 0 Å². The minimum absolute atomic E-state index is 0.0496. The molecule has 0 atom stereocenters. The smallest absolute Gasteiger partial charge is 0.219 e. The van der Waals surface area contributed by atoms with Crippen LogP contribution < -0.4 is 11.1 Å². The topological polar surface area (TPSA) is 89.3 Å². The Bertz CT molecular complexity index is 216. The fourth-order valence-electron chi connectivity index (χ4n) is 0.785. The molecule has 0 heterocycles. The molecule has 0 aliphatic carbocycles. The van der Waals surface area contributed by atoms with E-state index in [1.807, 2.05) is 83.1 Å². The van der Waals surface area contributed by atoms with E-state index in [-0.39, 0.29) is 17.6 Å². The Morgan fingerprint density at radius 3 is 1.04 bits per heavy atom. The molecule has 0 unspecified atom stereocenters. The molecule has 0 fully saturated rings. The van der Waals surface area contributed by atoms with Crippen LogP contribution in [0.25, 0.3) is 0 Å². The number of nitrogens with one attached hydrogen (secondary N) is 1. The first-order chi connectivity index (χ1) is 12.9. The molecule has 0 spiro atoms. The van der Waals surface area contributed by atoms with Crippen LogP contribution in [0, 0.1) is 0 Å². The van der Waals surface area contributed by atoms with Gasteiger partial charge in [-0.05, 0) is 19.8 Å². The van der Waals surface area contributed by atoms with Gasteiger partial charge in [0.15, 0.2) is 0 Å². The van der Waals surface area contributed by atoms with Crippen LogP contribution in [0.4, 0.5) is 0 Å². The van der Waals surface area contributed by atoms with Gasteiger partial charge < -0.3 is 15.8 Å². The van der Waals surface area contributed by atoms with Gasteiger partial charge in [0.1, 0.15) is 5.78 Å². The zero-order valence-corrected chi connectivity index (χ0v) is 21.6. The van der Waals surface area contributed by atoms with Crippen LogP contribution >= 0.6 is 0 Å². The van der Waals surface area contributed by atoms with Crippen molar-refractivity contribution in [1.29, 1.82) is 0 Å². The van der Waals surface area contributed by atoms with E-state index in [0.717, 1.165) is 12.8 Å². The van der Waals surface area contributed by atoms with E-state index in [1.54, 1.807) is 14.0 Å². The number of Topliss-reactive ketones (excluding diaryl/α,β-unsaturated/α-hetero) is 1. The number of hydrogen-bond acceptors (Lipinski definition) is 3. The van der Waals surface area contributed by atoms with Crippen molar-refractivity contribution in [2.45, 2.75) is 123 Å². The SMILES string of the molecule is CC.CC.CC.CC.CC.CC.CC(N)=O.CNC(=O)CCCCC(C)=O. The Morgan fingerprint density at radius 2 is 0.852 bits per heavy atom. The molecule has 0 rings (SSSR count). The summed E-state index contributed by atoms with van der Waals surface area (Å²) in [4.78, 5) is 30.3. The van der Waals surface area contributed by atoms with Crippen molar-refractivity contribution in [2.75, 3.05) is 7.05 Å². The number of rotatable bonds is 5. The number of carbonyl (C=O) groups excluding carboxylic acids is 3. The van der Waals surface area contributed by atoms with E-state index >= 15 is 0 Å². The molecule has 0 saturated heterocycles. The molecule has 5 heteroatoms. The van der Waals surface area contributed by atoms with Crippen molar-refractivity contribution < 1.29 is 14.4 Å². The van der Waals surface area contributed by atoms with Crippen molar-refractivity contribution in [2.24, 2.45) is 5.73 Å². The summed E-state index contributed by atoms with van der Waals surface area (Å²) in [5.41, 5.74) is 4.47. The van der Waals surface area contributed by atoms with Crippen LogP contribution in [0.5, 0.6) is 0 Å². The fourth-order valence-corrected chi connectivity index (χ4v) is 0.785. The quantitative estimate of drug-likeness (QED) is 0.517. The summed E-state index contributed by atoms with van der Waals surface area (Å²) in [5, 5.41) is 2.53. The van der Waals surface area contributed by atoms with Gasteiger partial charge in [-0.15, -0.1) is 0 Å². The lowest BCUT2D eigenvalue weighted by atomic mass is 10.1. The zero-order valence-electron chi connectivity index (χ0n) is 21.6. The molecule has 5 nitrogen and oxygen atoms in total. The normalized spacial score (nSPS) is 6.04. The lowest BCUT2D eigenvalue weighted by molar-refractivity contribution is -0.121. The van der Waals surface area contributed by atoms with E-state index in [2.05, 4.69) is 11.1 Å². The molecular formula is C22H56N2O3. The molecule has 0 aromatic carbocycles. The second-order valence-corrected chi connectivity index (χ2v) is 3.19. The highest BCUT2D eigenvalue weighted by Crippen LogP contribution is 1.99. The van der Waals surface area contributed by atoms with Crippen LogP contribution in [0.3, 0.4) is 0 Å². The maximum absolute atomic E-state index is 10.7. The van der Waals surface area contributed by atoms with E-state index < -0.39 is 0 Å². The van der Waals surface area contributed by atoms with Gasteiger partial charge in [0, 0.05) is 26.8 Å².